The van der Waals surface area contributed by atoms with Crippen LogP contribution in [0.1, 0.15) is 34.6 Å². The molecule has 4 nitrogen and oxygen atoms in total. The minimum absolute atomic E-state index is 0.0476. The Hall–Kier alpha value is -0.610. The summed E-state index contributed by atoms with van der Waals surface area (Å²) < 4.78 is 0. The maximum atomic E-state index is 12.0. The standard InChI is InChI=1S/C12H25N3O/c1-9(2)14-11(16)10(3)15-7-6-13-8-12(15,4)5/h9-10,13H,6-8H2,1-5H3,(H,14,16). The van der Waals surface area contributed by atoms with E-state index in [1.807, 2.05) is 20.8 Å². The SMILES string of the molecule is CC(C)NC(=O)C(C)N1CCNCC1(C)C. The fourth-order valence-electron chi connectivity index (χ4n) is 2.26. The number of rotatable bonds is 3. The van der Waals surface area contributed by atoms with Crippen molar-refractivity contribution in [2.45, 2.75) is 52.2 Å². The normalized spacial score (nSPS) is 23.1. The molecule has 1 amide bonds. The highest BCUT2D eigenvalue weighted by molar-refractivity contribution is 5.81. The number of nitrogens with zero attached hydrogens (tertiary/aromatic N) is 1. The molecule has 0 radical (unpaired) electrons. The first-order valence-corrected chi connectivity index (χ1v) is 6.12. The summed E-state index contributed by atoms with van der Waals surface area (Å²) in [6, 6.07) is 0.153. The lowest BCUT2D eigenvalue weighted by atomic mass is 9.97. The summed E-state index contributed by atoms with van der Waals surface area (Å²) in [7, 11) is 0. The topological polar surface area (TPSA) is 44.4 Å². The average molecular weight is 227 g/mol. The van der Waals surface area contributed by atoms with Crippen LogP contribution in [0.25, 0.3) is 0 Å². The van der Waals surface area contributed by atoms with E-state index in [0.29, 0.717) is 0 Å². The highest BCUT2D eigenvalue weighted by Crippen LogP contribution is 2.19. The van der Waals surface area contributed by atoms with E-state index >= 15 is 0 Å². The van der Waals surface area contributed by atoms with Gasteiger partial charge in [0.15, 0.2) is 0 Å². The third-order valence-corrected chi connectivity index (χ3v) is 3.14. The molecule has 94 valence electrons. The van der Waals surface area contributed by atoms with E-state index in [0.717, 1.165) is 19.6 Å². The molecule has 1 aliphatic heterocycles. The zero-order valence-corrected chi connectivity index (χ0v) is 11.1. The van der Waals surface area contributed by atoms with Gasteiger partial charge in [0.25, 0.3) is 0 Å². The maximum absolute atomic E-state index is 12.0. The van der Waals surface area contributed by atoms with Gasteiger partial charge in [0.05, 0.1) is 6.04 Å². The first kappa shape index (κ1) is 13.5. The average Bonchev–Trinajstić information content (AvgIpc) is 2.15. The number of nitrogens with one attached hydrogen (secondary N) is 2. The van der Waals surface area contributed by atoms with Gasteiger partial charge in [-0.25, -0.2) is 0 Å². The van der Waals surface area contributed by atoms with E-state index in [1.165, 1.54) is 0 Å². The van der Waals surface area contributed by atoms with Gasteiger partial charge in [0.1, 0.15) is 0 Å². The molecular formula is C12H25N3O. The Kier molecular flexibility index (Phi) is 4.33. The number of hydrogen-bond donors (Lipinski definition) is 2. The van der Waals surface area contributed by atoms with Gasteiger partial charge in [-0.05, 0) is 34.6 Å². The molecule has 1 heterocycles. The summed E-state index contributed by atoms with van der Waals surface area (Å²) in [5.41, 5.74) is 0.0476. The number of piperazine rings is 1. The Morgan fingerprint density at radius 1 is 1.38 bits per heavy atom. The highest BCUT2D eigenvalue weighted by Gasteiger charge is 2.35. The molecule has 0 aromatic carbocycles. The van der Waals surface area contributed by atoms with Gasteiger partial charge in [0.2, 0.25) is 5.91 Å². The van der Waals surface area contributed by atoms with E-state index in [-0.39, 0.29) is 23.5 Å². The van der Waals surface area contributed by atoms with Crippen molar-refractivity contribution in [2.24, 2.45) is 0 Å². The summed E-state index contributed by atoms with van der Waals surface area (Å²) in [5, 5.41) is 6.34. The van der Waals surface area contributed by atoms with E-state index in [9.17, 15) is 4.79 Å². The van der Waals surface area contributed by atoms with Crippen molar-refractivity contribution in [1.29, 1.82) is 0 Å². The first-order chi connectivity index (χ1) is 7.34. The molecule has 16 heavy (non-hydrogen) atoms. The van der Waals surface area contributed by atoms with Crippen molar-refractivity contribution in [1.82, 2.24) is 15.5 Å². The van der Waals surface area contributed by atoms with Crippen LogP contribution in [0, 0.1) is 0 Å². The second-order valence-electron chi connectivity index (χ2n) is 5.52. The molecule has 0 aromatic heterocycles. The van der Waals surface area contributed by atoms with Gasteiger partial charge < -0.3 is 10.6 Å². The maximum Gasteiger partial charge on any atom is 0.237 e. The predicted octanol–water partition coefficient (Wildman–Crippen LogP) is 0.583. The van der Waals surface area contributed by atoms with Gasteiger partial charge in [-0.3, -0.25) is 9.69 Å². The third kappa shape index (κ3) is 3.19. The number of carbonyl (C=O) groups is 1. The number of carbonyl (C=O) groups excluding carboxylic acids is 1. The molecule has 1 aliphatic rings. The van der Waals surface area contributed by atoms with E-state index in [1.54, 1.807) is 0 Å². The molecule has 2 N–H and O–H groups in total. The van der Waals surface area contributed by atoms with Crippen LogP contribution in [0.3, 0.4) is 0 Å². The summed E-state index contributed by atoms with van der Waals surface area (Å²) in [6.45, 7) is 13.2. The summed E-state index contributed by atoms with van der Waals surface area (Å²) in [6.07, 6.45) is 0. The molecule has 0 spiro atoms. The fraction of sp³-hybridized carbons (Fsp3) is 0.917. The third-order valence-electron chi connectivity index (χ3n) is 3.14. The first-order valence-electron chi connectivity index (χ1n) is 6.12. The number of amides is 1. The Labute approximate surface area is 98.8 Å². The minimum Gasteiger partial charge on any atom is -0.353 e. The van der Waals surface area contributed by atoms with Crippen molar-refractivity contribution in [2.75, 3.05) is 19.6 Å². The van der Waals surface area contributed by atoms with Crippen LogP contribution < -0.4 is 10.6 Å². The second-order valence-corrected chi connectivity index (χ2v) is 5.52. The molecule has 4 heteroatoms. The van der Waals surface area contributed by atoms with Gasteiger partial charge in [-0.2, -0.15) is 0 Å². The van der Waals surface area contributed by atoms with Gasteiger partial charge in [-0.1, -0.05) is 0 Å². The zero-order valence-electron chi connectivity index (χ0n) is 11.1. The lowest BCUT2D eigenvalue weighted by Gasteiger charge is -2.45. The molecule has 1 fully saturated rings. The molecular weight excluding hydrogens is 202 g/mol. The summed E-state index contributed by atoms with van der Waals surface area (Å²) in [4.78, 5) is 14.2. The van der Waals surface area contributed by atoms with Crippen LogP contribution in [0.4, 0.5) is 0 Å². The molecule has 0 bridgehead atoms. The van der Waals surface area contributed by atoms with Crippen LogP contribution in [0.2, 0.25) is 0 Å². The fourth-order valence-corrected chi connectivity index (χ4v) is 2.26. The summed E-state index contributed by atoms with van der Waals surface area (Å²) in [5.74, 6) is 0.130. The monoisotopic (exact) mass is 227 g/mol. The molecule has 1 saturated heterocycles. The molecule has 0 aromatic rings. The van der Waals surface area contributed by atoms with E-state index < -0.39 is 0 Å². The van der Waals surface area contributed by atoms with Crippen LogP contribution in [0.15, 0.2) is 0 Å². The van der Waals surface area contributed by atoms with E-state index in [2.05, 4.69) is 29.4 Å². The quantitative estimate of drug-likeness (QED) is 0.741. The smallest absolute Gasteiger partial charge is 0.237 e. The molecule has 1 rings (SSSR count). The Morgan fingerprint density at radius 2 is 2.00 bits per heavy atom. The number of hydrogen-bond acceptors (Lipinski definition) is 3. The highest BCUT2D eigenvalue weighted by atomic mass is 16.2. The minimum atomic E-state index is -0.0560. The Morgan fingerprint density at radius 3 is 2.50 bits per heavy atom. The lowest BCUT2D eigenvalue weighted by Crippen LogP contribution is -2.63. The van der Waals surface area contributed by atoms with Gasteiger partial charge in [-0.15, -0.1) is 0 Å². The van der Waals surface area contributed by atoms with Crippen molar-refractivity contribution in [3.8, 4) is 0 Å². The Balaban J connectivity index is 2.64. The van der Waals surface area contributed by atoms with Crippen molar-refractivity contribution in [3.05, 3.63) is 0 Å². The van der Waals surface area contributed by atoms with E-state index in [4.69, 9.17) is 0 Å². The van der Waals surface area contributed by atoms with Crippen LogP contribution in [-0.2, 0) is 4.79 Å². The van der Waals surface area contributed by atoms with Crippen molar-refractivity contribution < 1.29 is 4.79 Å². The predicted molar refractivity (Wildman–Crippen MR) is 66.4 cm³/mol. The Bertz CT molecular complexity index is 251. The van der Waals surface area contributed by atoms with Gasteiger partial charge >= 0.3 is 0 Å². The van der Waals surface area contributed by atoms with Crippen LogP contribution in [-0.4, -0.2) is 48.1 Å². The molecule has 0 aliphatic carbocycles. The summed E-state index contributed by atoms with van der Waals surface area (Å²) >= 11 is 0. The molecule has 0 saturated carbocycles. The van der Waals surface area contributed by atoms with Crippen molar-refractivity contribution >= 4 is 5.91 Å². The molecule has 1 atom stereocenters. The second kappa shape index (κ2) is 5.15. The zero-order chi connectivity index (χ0) is 12.3. The largest absolute Gasteiger partial charge is 0.353 e. The van der Waals surface area contributed by atoms with Crippen LogP contribution >= 0.6 is 0 Å². The lowest BCUT2D eigenvalue weighted by molar-refractivity contribution is -0.129. The van der Waals surface area contributed by atoms with Crippen LogP contribution in [0.5, 0.6) is 0 Å². The van der Waals surface area contributed by atoms with Crippen molar-refractivity contribution in [3.63, 3.8) is 0 Å². The van der Waals surface area contributed by atoms with Gasteiger partial charge in [0, 0.05) is 31.2 Å². The molecule has 1 unspecified atom stereocenters.